The maximum Gasteiger partial charge on any atom is 0.330 e. The first-order chi connectivity index (χ1) is 11.3. The highest BCUT2D eigenvalue weighted by molar-refractivity contribution is 7.20. The van der Waals surface area contributed by atoms with Gasteiger partial charge >= 0.3 is 5.97 Å². The lowest BCUT2D eigenvalue weighted by Gasteiger charge is -2.58. The zero-order valence-corrected chi connectivity index (χ0v) is 14.8. The molecule has 0 saturated heterocycles. The lowest BCUT2D eigenvalue weighted by molar-refractivity contribution is -0.190. The molecule has 0 radical (unpaired) electrons. The molecular formula is C18H21NO4S. The van der Waals surface area contributed by atoms with E-state index in [2.05, 4.69) is 5.32 Å². The number of carboxylic acid groups (broad SMARTS) is 1. The summed E-state index contributed by atoms with van der Waals surface area (Å²) in [6.07, 6.45) is 0.0982. The Morgan fingerprint density at radius 3 is 2.67 bits per heavy atom. The predicted molar refractivity (Wildman–Crippen MR) is 93.5 cm³/mol. The Bertz CT molecular complexity index is 764. The molecule has 2 unspecified atom stereocenters. The van der Waals surface area contributed by atoms with E-state index in [1.807, 2.05) is 45.0 Å². The Labute approximate surface area is 144 Å². The molecule has 1 fully saturated rings. The van der Waals surface area contributed by atoms with E-state index in [1.165, 1.54) is 11.3 Å². The zero-order valence-electron chi connectivity index (χ0n) is 14.0. The summed E-state index contributed by atoms with van der Waals surface area (Å²) in [6.45, 7) is 6.06. The first kappa shape index (κ1) is 16.9. The monoisotopic (exact) mass is 347 g/mol. The number of ether oxygens (including phenoxy) is 1. The topological polar surface area (TPSA) is 75.6 Å². The molecule has 5 nitrogen and oxygen atoms in total. The van der Waals surface area contributed by atoms with Gasteiger partial charge in [-0.3, -0.25) is 4.79 Å². The Morgan fingerprint density at radius 1 is 1.38 bits per heavy atom. The third-order valence-corrected chi connectivity index (χ3v) is 6.22. The van der Waals surface area contributed by atoms with Gasteiger partial charge in [-0.2, -0.15) is 0 Å². The van der Waals surface area contributed by atoms with E-state index in [4.69, 9.17) is 4.74 Å². The van der Waals surface area contributed by atoms with Gasteiger partial charge in [-0.05, 0) is 24.4 Å². The van der Waals surface area contributed by atoms with Crippen molar-refractivity contribution >= 4 is 33.3 Å². The molecule has 1 aromatic carbocycles. The molecule has 1 aliphatic carbocycles. The van der Waals surface area contributed by atoms with Crippen molar-refractivity contribution in [2.45, 2.75) is 38.8 Å². The minimum absolute atomic E-state index is 0.179. The summed E-state index contributed by atoms with van der Waals surface area (Å²) in [4.78, 5) is 25.1. The summed E-state index contributed by atoms with van der Waals surface area (Å²) in [5.41, 5.74) is -1.98. The van der Waals surface area contributed by atoms with Gasteiger partial charge in [-0.25, -0.2) is 4.79 Å². The highest BCUT2D eigenvalue weighted by Gasteiger charge is 2.66. The summed E-state index contributed by atoms with van der Waals surface area (Å²) >= 11 is 1.37. The molecule has 128 valence electrons. The van der Waals surface area contributed by atoms with Crippen molar-refractivity contribution in [1.82, 2.24) is 5.32 Å². The summed E-state index contributed by atoms with van der Waals surface area (Å²) in [7, 11) is 0. The molecule has 2 aromatic rings. The molecule has 0 bridgehead atoms. The van der Waals surface area contributed by atoms with Crippen molar-refractivity contribution in [3.63, 3.8) is 0 Å². The molecule has 1 saturated carbocycles. The minimum atomic E-state index is -1.31. The van der Waals surface area contributed by atoms with Gasteiger partial charge in [-0.15, -0.1) is 11.3 Å². The van der Waals surface area contributed by atoms with Crippen LogP contribution in [0.1, 0.15) is 36.9 Å². The first-order valence-electron chi connectivity index (χ1n) is 7.98. The largest absolute Gasteiger partial charge is 0.479 e. The fourth-order valence-corrected chi connectivity index (χ4v) is 4.34. The van der Waals surface area contributed by atoms with E-state index in [9.17, 15) is 14.7 Å². The predicted octanol–water partition coefficient (Wildman–Crippen LogP) is 3.29. The molecule has 24 heavy (non-hydrogen) atoms. The van der Waals surface area contributed by atoms with Gasteiger partial charge in [0.1, 0.15) is 5.54 Å². The molecule has 3 rings (SSSR count). The van der Waals surface area contributed by atoms with Crippen LogP contribution in [-0.2, 0) is 9.53 Å². The first-order valence-corrected chi connectivity index (χ1v) is 8.79. The maximum absolute atomic E-state index is 12.7. The van der Waals surface area contributed by atoms with Gasteiger partial charge in [0, 0.05) is 23.1 Å². The number of carbonyl (C=O) groups is 2. The van der Waals surface area contributed by atoms with Crippen LogP contribution in [0, 0.1) is 5.41 Å². The van der Waals surface area contributed by atoms with Crippen LogP contribution >= 0.6 is 11.3 Å². The van der Waals surface area contributed by atoms with Crippen molar-refractivity contribution < 1.29 is 19.4 Å². The molecule has 1 heterocycles. The Hall–Kier alpha value is -1.92. The Kier molecular flexibility index (Phi) is 4.13. The van der Waals surface area contributed by atoms with Gasteiger partial charge in [0.2, 0.25) is 0 Å². The quantitative estimate of drug-likeness (QED) is 0.870. The number of fused-ring (bicyclic) bond motifs is 1. The van der Waals surface area contributed by atoms with E-state index < -0.39 is 16.9 Å². The van der Waals surface area contributed by atoms with E-state index in [0.29, 0.717) is 11.5 Å². The number of nitrogens with one attached hydrogen (secondary N) is 1. The van der Waals surface area contributed by atoms with Crippen LogP contribution in [0.15, 0.2) is 30.3 Å². The van der Waals surface area contributed by atoms with Crippen molar-refractivity contribution in [2.75, 3.05) is 6.61 Å². The number of hydrogen-bond acceptors (Lipinski definition) is 4. The second-order valence-electron chi connectivity index (χ2n) is 6.68. The van der Waals surface area contributed by atoms with Crippen LogP contribution < -0.4 is 5.32 Å². The van der Waals surface area contributed by atoms with Gasteiger partial charge in [0.25, 0.3) is 5.91 Å². The Morgan fingerprint density at radius 2 is 2.08 bits per heavy atom. The van der Waals surface area contributed by atoms with E-state index in [1.54, 1.807) is 6.07 Å². The van der Waals surface area contributed by atoms with E-state index in [-0.39, 0.29) is 18.4 Å². The molecule has 6 heteroatoms. The number of aliphatic carboxylic acids is 1. The minimum Gasteiger partial charge on any atom is -0.479 e. The Balaban J connectivity index is 1.87. The van der Waals surface area contributed by atoms with Crippen molar-refractivity contribution in [1.29, 1.82) is 0 Å². The number of thiophene rings is 1. The maximum atomic E-state index is 12.7. The molecule has 2 N–H and O–H groups in total. The smallest absolute Gasteiger partial charge is 0.330 e. The second-order valence-corrected chi connectivity index (χ2v) is 7.77. The number of amides is 1. The van der Waals surface area contributed by atoms with Crippen LogP contribution in [0.5, 0.6) is 0 Å². The third-order valence-electron chi connectivity index (χ3n) is 5.11. The molecule has 0 aliphatic heterocycles. The lowest BCUT2D eigenvalue weighted by atomic mass is 9.54. The fraction of sp³-hybridized carbons (Fsp3) is 0.444. The average molecular weight is 347 g/mol. The molecule has 1 amide bonds. The van der Waals surface area contributed by atoms with E-state index in [0.717, 1.165) is 10.1 Å². The number of carboxylic acids is 1. The van der Waals surface area contributed by atoms with Crippen LogP contribution in [0.25, 0.3) is 10.1 Å². The zero-order chi connectivity index (χ0) is 17.5. The van der Waals surface area contributed by atoms with Crippen molar-refractivity contribution in [3.8, 4) is 0 Å². The highest BCUT2D eigenvalue weighted by Crippen LogP contribution is 2.51. The van der Waals surface area contributed by atoms with E-state index >= 15 is 0 Å². The van der Waals surface area contributed by atoms with Crippen LogP contribution in [-0.4, -0.2) is 35.2 Å². The molecule has 1 aromatic heterocycles. The summed E-state index contributed by atoms with van der Waals surface area (Å²) < 4.78 is 6.63. The normalized spacial score (nSPS) is 25.2. The van der Waals surface area contributed by atoms with Crippen LogP contribution in [0.4, 0.5) is 0 Å². The fourth-order valence-electron chi connectivity index (χ4n) is 3.39. The summed E-state index contributed by atoms with van der Waals surface area (Å²) in [6, 6.07) is 9.52. The summed E-state index contributed by atoms with van der Waals surface area (Å²) in [5.74, 6) is -1.36. The number of hydrogen-bond donors (Lipinski definition) is 2. The van der Waals surface area contributed by atoms with Gasteiger partial charge in [-0.1, -0.05) is 32.0 Å². The highest BCUT2D eigenvalue weighted by atomic mass is 32.1. The number of benzene rings is 1. The molecule has 0 spiro atoms. The number of carbonyl (C=O) groups excluding carboxylic acids is 1. The average Bonchev–Trinajstić information content (AvgIpc) is 2.97. The molecule has 1 aliphatic rings. The SMILES string of the molecule is CCOC1CC(NC(=O)c2cc3ccccc3s2)(C(=O)O)C1(C)C. The number of rotatable bonds is 5. The third kappa shape index (κ3) is 2.41. The van der Waals surface area contributed by atoms with Crippen LogP contribution in [0.3, 0.4) is 0 Å². The van der Waals surface area contributed by atoms with Crippen LogP contribution in [0.2, 0.25) is 0 Å². The molecular weight excluding hydrogens is 326 g/mol. The standard InChI is InChI=1S/C18H21NO4S/c1-4-23-14-10-18(16(21)22,17(14,2)3)19-15(20)13-9-11-7-5-6-8-12(11)24-13/h5-9,14H,4,10H2,1-3H3,(H,19,20)(H,21,22). The second kappa shape index (κ2) is 5.86. The van der Waals surface area contributed by atoms with Gasteiger partial charge in [0.15, 0.2) is 0 Å². The van der Waals surface area contributed by atoms with Crippen molar-refractivity contribution in [3.05, 3.63) is 35.2 Å². The van der Waals surface area contributed by atoms with Gasteiger partial charge in [0.05, 0.1) is 11.0 Å². The van der Waals surface area contributed by atoms with Gasteiger partial charge < -0.3 is 15.2 Å². The summed E-state index contributed by atoms with van der Waals surface area (Å²) in [5, 5.41) is 13.5. The molecule has 2 atom stereocenters. The van der Waals surface area contributed by atoms with Crippen molar-refractivity contribution in [2.24, 2.45) is 5.41 Å². The lowest BCUT2D eigenvalue weighted by Crippen LogP contribution is -2.76.